The molecule has 2 aliphatic heterocycles. The fourth-order valence-corrected chi connectivity index (χ4v) is 3.43. The van der Waals surface area contributed by atoms with Gasteiger partial charge >= 0.3 is 0 Å². The van der Waals surface area contributed by atoms with Crippen LogP contribution in [-0.2, 0) is 0 Å². The average molecular weight is 208 g/mol. The van der Waals surface area contributed by atoms with Gasteiger partial charge in [0.1, 0.15) is 0 Å². The SMILES string of the molecule is CC(CC1CC1)N1CC2CCCNC2C1. The van der Waals surface area contributed by atoms with E-state index in [-0.39, 0.29) is 0 Å². The van der Waals surface area contributed by atoms with E-state index in [1.54, 1.807) is 0 Å². The predicted molar refractivity (Wildman–Crippen MR) is 62.9 cm³/mol. The highest BCUT2D eigenvalue weighted by molar-refractivity contribution is 4.94. The molecule has 1 N–H and O–H groups in total. The van der Waals surface area contributed by atoms with Gasteiger partial charge in [0.25, 0.3) is 0 Å². The third-order valence-corrected chi connectivity index (χ3v) is 4.62. The fraction of sp³-hybridized carbons (Fsp3) is 1.00. The molecule has 2 heteroatoms. The lowest BCUT2D eigenvalue weighted by molar-refractivity contribution is 0.229. The maximum Gasteiger partial charge on any atom is 0.0235 e. The van der Waals surface area contributed by atoms with Crippen LogP contribution in [0.25, 0.3) is 0 Å². The van der Waals surface area contributed by atoms with Crippen molar-refractivity contribution in [1.29, 1.82) is 0 Å². The monoisotopic (exact) mass is 208 g/mol. The molecule has 0 aromatic heterocycles. The second kappa shape index (κ2) is 4.06. The molecular formula is C13H24N2. The third kappa shape index (κ3) is 2.21. The summed E-state index contributed by atoms with van der Waals surface area (Å²) >= 11 is 0. The first-order valence-corrected chi connectivity index (χ1v) is 6.80. The molecular weight excluding hydrogens is 184 g/mol. The molecule has 0 spiro atoms. The summed E-state index contributed by atoms with van der Waals surface area (Å²) in [5.41, 5.74) is 0. The number of hydrogen-bond acceptors (Lipinski definition) is 2. The molecule has 1 aliphatic carbocycles. The second-order valence-electron chi connectivity index (χ2n) is 5.94. The molecule has 0 radical (unpaired) electrons. The molecule has 2 nitrogen and oxygen atoms in total. The van der Waals surface area contributed by atoms with E-state index in [4.69, 9.17) is 0 Å². The van der Waals surface area contributed by atoms with Crippen LogP contribution in [0.15, 0.2) is 0 Å². The Balaban J connectivity index is 1.54. The number of nitrogens with one attached hydrogen (secondary N) is 1. The molecule has 3 aliphatic rings. The Morgan fingerprint density at radius 1 is 1.27 bits per heavy atom. The van der Waals surface area contributed by atoms with Crippen molar-refractivity contribution in [2.24, 2.45) is 11.8 Å². The molecule has 0 amide bonds. The number of fused-ring (bicyclic) bond motifs is 1. The summed E-state index contributed by atoms with van der Waals surface area (Å²) in [6.45, 7) is 6.38. The summed E-state index contributed by atoms with van der Waals surface area (Å²) in [6.07, 6.45) is 7.32. The first-order valence-electron chi connectivity index (χ1n) is 6.80. The lowest BCUT2D eigenvalue weighted by Gasteiger charge is -2.25. The van der Waals surface area contributed by atoms with Crippen LogP contribution >= 0.6 is 0 Å². The Hall–Kier alpha value is -0.0800. The molecule has 86 valence electrons. The minimum atomic E-state index is 0.820. The Kier molecular flexibility index (Phi) is 2.73. The van der Waals surface area contributed by atoms with Crippen molar-refractivity contribution in [2.75, 3.05) is 19.6 Å². The maximum atomic E-state index is 3.69. The largest absolute Gasteiger partial charge is 0.312 e. The smallest absolute Gasteiger partial charge is 0.0235 e. The lowest BCUT2D eigenvalue weighted by atomic mass is 9.94. The average Bonchev–Trinajstić information content (AvgIpc) is 2.95. The molecule has 3 fully saturated rings. The highest BCUT2D eigenvalue weighted by Crippen LogP contribution is 2.36. The molecule has 15 heavy (non-hydrogen) atoms. The summed E-state index contributed by atoms with van der Waals surface area (Å²) in [4.78, 5) is 2.74. The van der Waals surface area contributed by atoms with E-state index in [9.17, 15) is 0 Å². The van der Waals surface area contributed by atoms with Gasteiger partial charge in [-0.3, -0.25) is 4.90 Å². The highest BCUT2D eigenvalue weighted by atomic mass is 15.2. The van der Waals surface area contributed by atoms with Crippen molar-refractivity contribution in [3.05, 3.63) is 0 Å². The predicted octanol–water partition coefficient (Wildman–Crippen LogP) is 1.86. The molecule has 3 unspecified atom stereocenters. The van der Waals surface area contributed by atoms with E-state index >= 15 is 0 Å². The topological polar surface area (TPSA) is 15.3 Å². The number of likely N-dealkylation sites (tertiary alicyclic amines) is 1. The van der Waals surface area contributed by atoms with E-state index in [1.807, 2.05) is 0 Å². The van der Waals surface area contributed by atoms with Gasteiger partial charge in [-0.05, 0) is 44.6 Å². The molecule has 0 aromatic rings. The van der Waals surface area contributed by atoms with Crippen molar-refractivity contribution < 1.29 is 0 Å². The molecule has 0 bridgehead atoms. The lowest BCUT2D eigenvalue weighted by Crippen LogP contribution is -2.41. The Bertz CT molecular complexity index is 211. The van der Waals surface area contributed by atoms with Crippen molar-refractivity contribution in [1.82, 2.24) is 10.2 Å². The van der Waals surface area contributed by atoms with Crippen LogP contribution in [0.2, 0.25) is 0 Å². The van der Waals surface area contributed by atoms with Gasteiger partial charge in [-0.1, -0.05) is 12.8 Å². The van der Waals surface area contributed by atoms with Crippen LogP contribution in [0.3, 0.4) is 0 Å². The zero-order valence-electron chi connectivity index (χ0n) is 9.91. The van der Waals surface area contributed by atoms with Gasteiger partial charge in [0, 0.05) is 25.2 Å². The third-order valence-electron chi connectivity index (χ3n) is 4.62. The molecule has 1 saturated carbocycles. The van der Waals surface area contributed by atoms with Crippen LogP contribution in [0.4, 0.5) is 0 Å². The molecule has 0 aromatic carbocycles. The van der Waals surface area contributed by atoms with Crippen LogP contribution in [-0.4, -0.2) is 36.6 Å². The maximum absolute atomic E-state index is 3.69. The van der Waals surface area contributed by atoms with Gasteiger partial charge in [0.2, 0.25) is 0 Å². The highest BCUT2D eigenvalue weighted by Gasteiger charge is 2.37. The van der Waals surface area contributed by atoms with Crippen molar-refractivity contribution in [2.45, 2.75) is 51.1 Å². The number of piperidine rings is 1. The van der Waals surface area contributed by atoms with E-state index in [0.29, 0.717) is 0 Å². The van der Waals surface area contributed by atoms with E-state index in [0.717, 1.165) is 23.9 Å². The second-order valence-corrected chi connectivity index (χ2v) is 5.94. The van der Waals surface area contributed by atoms with Gasteiger partial charge in [-0.2, -0.15) is 0 Å². The van der Waals surface area contributed by atoms with Crippen LogP contribution in [0.1, 0.15) is 39.0 Å². The van der Waals surface area contributed by atoms with Gasteiger partial charge in [-0.15, -0.1) is 0 Å². The summed E-state index contributed by atoms with van der Waals surface area (Å²) in [5, 5.41) is 3.69. The number of rotatable bonds is 3. The van der Waals surface area contributed by atoms with Crippen molar-refractivity contribution in [3.8, 4) is 0 Å². The first kappa shape index (κ1) is 10.1. The number of nitrogens with zero attached hydrogens (tertiary/aromatic N) is 1. The normalized spacial score (nSPS) is 39.0. The summed E-state index contributed by atoms with van der Waals surface area (Å²) in [7, 11) is 0. The molecule has 3 atom stereocenters. The van der Waals surface area contributed by atoms with Gasteiger partial charge in [-0.25, -0.2) is 0 Å². The quantitative estimate of drug-likeness (QED) is 0.761. The van der Waals surface area contributed by atoms with E-state index in [1.165, 1.54) is 51.7 Å². The summed E-state index contributed by atoms with van der Waals surface area (Å²) in [5.74, 6) is 2.04. The minimum Gasteiger partial charge on any atom is -0.312 e. The Labute approximate surface area is 93.4 Å². The van der Waals surface area contributed by atoms with E-state index in [2.05, 4.69) is 17.1 Å². The fourth-order valence-electron chi connectivity index (χ4n) is 3.43. The van der Waals surface area contributed by atoms with Crippen LogP contribution in [0, 0.1) is 11.8 Å². The molecule has 3 rings (SSSR count). The van der Waals surface area contributed by atoms with Crippen LogP contribution in [0.5, 0.6) is 0 Å². The van der Waals surface area contributed by atoms with Gasteiger partial charge < -0.3 is 5.32 Å². The standard InChI is InChI=1S/C13H24N2/c1-10(7-11-4-5-11)15-8-12-3-2-6-14-13(12)9-15/h10-14H,2-9H2,1H3. The summed E-state index contributed by atoms with van der Waals surface area (Å²) in [6, 6.07) is 1.66. The van der Waals surface area contributed by atoms with Crippen molar-refractivity contribution in [3.63, 3.8) is 0 Å². The van der Waals surface area contributed by atoms with Gasteiger partial charge in [0.15, 0.2) is 0 Å². The summed E-state index contributed by atoms with van der Waals surface area (Å²) < 4.78 is 0. The zero-order valence-corrected chi connectivity index (χ0v) is 9.91. The van der Waals surface area contributed by atoms with E-state index < -0.39 is 0 Å². The molecule has 2 saturated heterocycles. The Morgan fingerprint density at radius 3 is 2.87 bits per heavy atom. The minimum absolute atomic E-state index is 0.820. The zero-order chi connectivity index (χ0) is 10.3. The van der Waals surface area contributed by atoms with Gasteiger partial charge in [0.05, 0.1) is 0 Å². The first-order chi connectivity index (χ1) is 7.33. The Morgan fingerprint density at radius 2 is 2.13 bits per heavy atom. The van der Waals surface area contributed by atoms with Crippen molar-refractivity contribution >= 4 is 0 Å². The number of hydrogen-bond donors (Lipinski definition) is 1. The van der Waals surface area contributed by atoms with Crippen LogP contribution < -0.4 is 5.32 Å². The molecule has 2 heterocycles.